The summed E-state index contributed by atoms with van der Waals surface area (Å²) in [5.41, 5.74) is 2.29. The average Bonchev–Trinajstić information content (AvgIpc) is 3.12. The number of piperidine rings is 1. The fourth-order valence-electron chi connectivity index (χ4n) is 3.27. The molecule has 0 bridgehead atoms. The van der Waals surface area contributed by atoms with Crippen molar-refractivity contribution in [3.05, 3.63) is 48.0 Å². The van der Waals surface area contributed by atoms with Crippen molar-refractivity contribution in [3.8, 4) is 11.4 Å². The van der Waals surface area contributed by atoms with Gasteiger partial charge in [0.05, 0.1) is 0 Å². The maximum atomic E-state index is 12.8. The zero-order valence-electron chi connectivity index (χ0n) is 14.3. The minimum atomic E-state index is 0.0722. The van der Waals surface area contributed by atoms with Gasteiger partial charge in [-0.25, -0.2) is 4.98 Å². The molecule has 0 saturated carbocycles. The summed E-state index contributed by atoms with van der Waals surface area (Å²) in [6, 6.07) is 13.5. The van der Waals surface area contributed by atoms with Crippen LogP contribution in [0.15, 0.2) is 42.5 Å². The van der Waals surface area contributed by atoms with E-state index in [1.807, 2.05) is 54.4 Å². The van der Waals surface area contributed by atoms with E-state index in [9.17, 15) is 4.79 Å². The van der Waals surface area contributed by atoms with Crippen molar-refractivity contribution in [2.45, 2.75) is 19.3 Å². The summed E-state index contributed by atoms with van der Waals surface area (Å²) in [6.45, 7) is 1.67. The predicted octanol–water partition coefficient (Wildman–Crippen LogP) is 3.06. The first-order chi connectivity index (χ1) is 12.3. The molecule has 2 aromatic heterocycles. The maximum absolute atomic E-state index is 12.8. The van der Waals surface area contributed by atoms with Crippen molar-refractivity contribution in [2.24, 2.45) is 0 Å². The Balaban J connectivity index is 1.75. The zero-order chi connectivity index (χ0) is 17.2. The van der Waals surface area contributed by atoms with Gasteiger partial charge >= 0.3 is 0 Å². The van der Waals surface area contributed by atoms with E-state index in [1.54, 1.807) is 4.52 Å². The summed E-state index contributed by atoms with van der Waals surface area (Å²) in [6.07, 6.45) is 3.36. The fourth-order valence-corrected chi connectivity index (χ4v) is 3.27. The molecule has 0 atom stereocenters. The first kappa shape index (κ1) is 15.6. The van der Waals surface area contributed by atoms with E-state index < -0.39 is 0 Å². The zero-order valence-corrected chi connectivity index (χ0v) is 14.3. The number of carbonyl (C=O) groups is 1. The molecule has 0 unspecified atom stereocenters. The Hall–Kier alpha value is -2.89. The topological polar surface area (TPSA) is 62.5 Å². The van der Waals surface area contributed by atoms with Crippen molar-refractivity contribution >= 4 is 17.4 Å². The van der Waals surface area contributed by atoms with Crippen molar-refractivity contribution < 1.29 is 4.79 Å². The third-order valence-electron chi connectivity index (χ3n) is 4.62. The van der Waals surface area contributed by atoms with Crippen LogP contribution in [0.3, 0.4) is 0 Å². The maximum Gasteiger partial charge on any atom is 0.254 e. The number of pyridine rings is 1. The molecule has 128 valence electrons. The number of nitrogens with one attached hydrogen (secondary N) is 1. The van der Waals surface area contributed by atoms with E-state index in [-0.39, 0.29) is 5.91 Å². The molecular formula is C19H21N5O. The number of hydrogen-bond donors (Lipinski definition) is 1. The molecule has 1 aromatic carbocycles. The Labute approximate surface area is 146 Å². The van der Waals surface area contributed by atoms with Gasteiger partial charge in [0.15, 0.2) is 11.5 Å². The van der Waals surface area contributed by atoms with Gasteiger partial charge in [-0.3, -0.25) is 4.79 Å². The van der Waals surface area contributed by atoms with E-state index in [0.29, 0.717) is 17.0 Å². The first-order valence-corrected chi connectivity index (χ1v) is 8.69. The van der Waals surface area contributed by atoms with Gasteiger partial charge in [0.1, 0.15) is 5.82 Å². The Bertz CT molecular complexity index is 897. The summed E-state index contributed by atoms with van der Waals surface area (Å²) < 4.78 is 1.75. The highest BCUT2D eigenvalue weighted by Gasteiger charge is 2.20. The smallest absolute Gasteiger partial charge is 0.254 e. The highest BCUT2D eigenvalue weighted by molar-refractivity contribution is 5.96. The second-order valence-electron chi connectivity index (χ2n) is 6.30. The molecule has 1 aliphatic heterocycles. The molecule has 0 spiro atoms. The van der Waals surface area contributed by atoms with Crippen LogP contribution in [0, 0.1) is 0 Å². The van der Waals surface area contributed by atoms with Gasteiger partial charge in [0, 0.05) is 31.3 Å². The lowest BCUT2D eigenvalue weighted by Crippen LogP contribution is -2.35. The third kappa shape index (κ3) is 2.95. The minimum absolute atomic E-state index is 0.0722. The van der Waals surface area contributed by atoms with Crippen LogP contribution in [-0.4, -0.2) is 45.5 Å². The van der Waals surface area contributed by atoms with Crippen molar-refractivity contribution in [1.29, 1.82) is 0 Å². The normalized spacial score (nSPS) is 14.7. The van der Waals surface area contributed by atoms with Gasteiger partial charge in [0.25, 0.3) is 5.91 Å². The molecule has 0 radical (unpaired) electrons. The predicted molar refractivity (Wildman–Crippen MR) is 97.7 cm³/mol. The van der Waals surface area contributed by atoms with E-state index in [0.717, 1.165) is 37.3 Å². The van der Waals surface area contributed by atoms with Crippen LogP contribution in [0.1, 0.15) is 29.6 Å². The van der Waals surface area contributed by atoms with Gasteiger partial charge in [-0.15, -0.1) is 5.10 Å². The van der Waals surface area contributed by atoms with Crippen molar-refractivity contribution in [3.63, 3.8) is 0 Å². The van der Waals surface area contributed by atoms with E-state index >= 15 is 0 Å². The molecule has 3 aromatic rings. The molecule has 1 aliphatic rings. The van der Waals surface area contributed by atoms with Crippen LogP contribution in [-0.2, 0) is 0 Å². The molecule has 25 heavy (non-hydrogen) atoms. The SMILES string of the molecule is CNc1cc(C(=O)N2CCCCC2)cc2nc(-c3ccccc3)nn12. The van der Waals surface area contributed by atoms with E-state index in [4.69, 9.17) is 0 Å². The lowest BCUT2D eigenvalue weighted by Gasteiger charge is -2.26. The van der Waals surface area contributed by atoms with Gasteiger partial charge in [-0.1, -0.05) is 30.3 Å². The van der Waals surface area contributed by atoms with Crippen LogP contribution in [0.2, 0.25) is 0 Å². The van der Waals surface area contributed by atoms with Crippen LogP contribution in [0.5, 0.6) is 0 Å². The van der Waals surface area contributed by atoms with Gasteiger partial charge in [-0.05, 0) is 31.4 Å². The molecule has 6 nitrogen and oxygen atoms in total. The first-order valence-electron chi connectivity index (χ1n) is 8.69. The number of aromatic nitrogens is 3. The van der Waals surface area contributed by atoms with Gasteiger partial charge in [0.2, 0.25) is 0 Å². The Morgan fingerprint density at radius 2 is 1.84 bits per heavy atom. The van der Waals surface area contributed by atoms with Crippen LogP contribution in [0.4, 0.5) is 5.82 Å². The van der Waals surface area contributed by atoms with Crippen molar-refractivity contribution in [2.75, 3.05) is 25.5 Å². The summed E-state index contributed by atoms with van der Waals surface area (Å²) in [5, 5.41) is 7.71. The largest absolute Gasteiger partial charge is 0.373 e. The van der Waals surface area contributed by atoms with Crippen LogP contribution in [0.25, 0.3) is 17.0 Å². The number of amides is 1. The monoisotopic (exact) mass is 335 g/mol. The summed E-state index contributed by atoms with van der Waals surface area (Å²) in [5.74, 6) is 1.48. The van der Waals surface area contributed by atoms with Gasteiger partial charge in [-0.2, -0.15) is 4.52 Å². The second kappa shape index (κ2) is 6.55. The fraction of sp³-hybridized carbons (Fsp3) is 0.316. The van der Waals surface area contributed by atoms with E-state index in [1.165, 1.54) is 6.42 Å². The summed E-state index contributed by atoms with van der Waals surface area (Å²) in [4.78, 5) is 19.4. The minimum Gasteiger partial charge on any atom is -0.373 e. The van der Waals surface area contributed by atoms with Gasteiger partial charge < -0.3 is 10.2 Å². The molecule has 1 N–H and O–H groups in total. The number of rotatable bonds is 3. The number of hydrogen-bond acceptors (Lipinski definition) is 4. The molecule has 6 heteroatoms. The molecule has 4 rings (SSSR count). The number of carbonyl (C=O) groups excluding carboxylic acids is 1. The molecule has 3 heterocycles. The number of likely N-dealkylation sites (tertiary alicyclic amines) is 1. The second-order valence-corrected chi connectivity index (χ2v) is 6.30. The molecule has 1 saturated heterocycles. The lowest BCUT2D eigenvalue weighted by atomic mass is 10.1. The quantitative estimate of drug-likeness (QED) is 0.799. The lowest BCUT2D eigenvalue weighted by molar-refractivity contribution is 0.0724. The Morgan fingerprint density at radius 3 is 2.56 bits per heavy atom. The molecular weight excluding hydrogens is 314 g/mol. The molecule has 1 amide bonds. The van der Waals surface area contributed by atoms with Crippen LogP contribution >= 0.6 is 0 Å². The summed E-state index contributed by atoms with van der Waals surface area (Å²) >= 11 is 0. The number of anilines is 1. The Morgan fingerprint density at radius 1 is 1.08 bits per heavy atom. The molecule has 0 aliphatic carbocycles. The third-order valence-corrected chi connectivity index (χ3v) is 4.62. The average molecular weight is 335 g/mol. The Kier molecular flexibility index (Phi) is 4.09. The van der Waals surface area contributed by atoms with Crippen molar-refractivity contribution in [1.82, 2.24) is 19.5 Å². The number of fused-ring (bicyclic) bond motifs is 1. The standard InChI is InChI=1S/C19H21N5O/c1-20-16-12-15(19(25)23-10-6-3-7-11-23)13-17-21-18(22-24(16)17)14-8-4-2-5-9-14/h2,4-5,8-9,12-13,20H,3,6-7,10-11H2,1H3. The highest BCUT2D eigenvalue weighted by Crippen LogP contribution is 2.22. The number of benzene rings is 1. The van der Waals surface area contributed by atoms with Crippen LogP contribution < -0.4 is 5.32 Å². The molecule has 1 fully saturated rings. The highest BCUT2D eigenvalue weighted by atomic mass is 16.2. The number of nitrogens with zero attached hydrogens (tertiary/aromatic N) is 4. The summed E-state index contributed by atoms with van der Waals surface area (Å²) in [7, 11) is 1.83. The van der Waals surface area contributed by atoms with E-state index in [2.05, 4.69) is 15.4 Å².